The third kappa shape index (κ3) is 3.01. The minimum absolute atomic E-state index is 0.0259. The SMILES string of the molecule is Cc1ccc2oc(=O)n(C3CCN(C(=O)c4ccc(Cl)nc4)CC3)c2c1. The van der Waals surface area contributed by atoms with Crippen molar-refractivity contribution in [1.29, 1.82) is 0 Å². The molecule has 0 bridgehead atoms. The van der Waals surface area contributed by atoms with Crippen LogP contribution in [0.5, 0.6) is 0 Å². The van der Waals surface area contributed by atoms with Gasteiger partial charge >= 0.3 is 5.76 Å². The average Bonchev–Trinajstić information content (AvgIpc) is 2.97. The largest absolute Gasteiger partial charge is 0.420 e. The second kappa shape index (κ2) is 6.61. The zero-order valence-corrected chi connectivity index (χ0v) is 15.1. The van der Waals surface area contributed by atoms with E-state index in [1.54, 1.807) is 21.6 Å². The summed E-state index contributed by atoms with van der Waals surface area (Å²) in [5.74, 6) is -0.398. The van der Waals surface area contributed by atoms with Crippen LogP contribution in [-0.2, 0) is 0 Å². The smallest absolute Gasteiger partial charge is 0.408 e. The first-order valence-electron chi connectivity index (χ1n) is 8.55. The lowest BCUT2D eigenvalue weighted by Gasteiger charge is -2.32. The van der Waals surface area contributed by atoms with Crippen LogP contribution in [0.4, 0.5) is 0 Å². The number of nitrogens with zero attached hydrogens (tertiary/aromatic N) is 3. The molecule has 0 aliphatic carbocycles. The minimum Gasteiger partial charge on any atom is -0.408 e. The van der Waals surface area contributed by atoms with Gasteiger partial charge in [-0.1, -0.05) is 17.7 Å². The van der Waals surface area contributed by atoms with E-state index in [2.05, 4.69) is 4.98 Å². The summed E-state index contributed by atoms with van der Waals surface area (Å²) in [5.41, 5.74) is 3.03. The number of halogens is 1. The molecule has 1 saturated heterocycles. The van der Waals surface area contributed by atoms with Crippen LogP contribution in [0.25, 0.3) is 11.1 Å². The van der Waals surface area contributed by atoms with Crippen LogP contribution < -0.4 is 5.76 Å². The average molecular weight is 372 g/mol. The number of benzene rings is 1. The molecule has 3 aromatic rings. The highest BCUT2D eigenvalue weighted by molar-refractivity contribution is 6.29. The first-order chi connectivity index (χ1) is 12.5. The molecule has 1 amide bonds. The standard InChI is InChI=1S/C19H18ClN3O3/c1-12-2-4-16-15(10-12)23(19(25)26-16)14-6-8-22(9-7-14)18(24)13-3-5-17(20)21-11-13/h2-5,10-11,14H,6-9H2,1H3. The summed E-state index contributed by atoms with van der Waals surface area (Å²) in [4.78, 5) is 30.7. The van der Waals surface area contributed by atoms with E-state index in [9.17, 15) is 9.59 Å². The van der Waals surface area contributed by atoms with Crippen LogP contribution in [0.2, 0.25) is 5.15 Å². The van der Waals surface area contributed by atoms with Crippen molar-refractivity contribution in [3.05, 3.63) is 63.4 Å². The van der Waals surface area contributed by atoms with Crippen molar-refractivity contribution in [3.8, 4) is 0 Å². The number of carbonyl (C=O) groups is 1. The van der Waals surface area contributed by atoms with Gasteiger partial charge in [0.05, 0.1) is 11.1 Å². The van der Waals surface area contributed by atoms with Gasteiger partial charge in [-0.05, 0) is 49.6 Å². The number of pyridine rings is 1. The molecule has 6 nitrogen and oxygen atoms in total. The summed E-state index contributed by atoms with van der Waals surface area (Å²) in [6, 6.07) is 9.04. The molecule has 7 heteroatoms. The van der Waals surface area contributed by atoms with E-state index in [4.69, 9.17) is 16.0 Å². The van der Waals surface area contributed by atoms with Crippen molar-refractivity contribution in [1.82, 2.24) is 14.5 Å². The van der Waals surface area contributed by atoms with Gasteiger partial charge in [0.2, 0.25) is 0 Å². The van der Waals surface area contributed by atoms with E-state index < -0.39 is 0 Å². The maximum atomic E-state index is 12.6. The van der Waals surface area contributed by atoms with Gasteiger partial charge in [-0.15, -0.1) is 0 Å². The third-order valence-electron chi connectivity index (χ3n) is 4.86. The summed E-state index contributed by atoms with van der Waals surface area (Å²) < 4.78 is 7.10. The van der Waals surface area contributed by atoms with Gasteiger partial charge in [0.1, 0.15) is 5.15 Å². The number of aryl methyl sites for hydroxylation is 1. The van der Waals surface area contributed by atoms with Gasteiger partial charge in [0, 0.05) is 25.3 Å². The van der Waals surface area contributed by atoms with Crippen molar-refractivity contribution >= 4 is 28.6 Å². The number of aromatic nitrogens is 2. The summed E-state index contributed by atoms with van der Waals surface area (Å²) in [6.45, 7) is 3.15. The molecule has 1 aliphatic rings. The molecule has 1 aromatic carbocycles. The fourth-order valence-corrected chi connectivity index (χ4v) is 3.61. The van der Waals surface area contributed by atoms with Crippen molar-refractivity contribution in [3.63, 3.8) is 0 Å². The molecule has 0 spiro atoms. The van der Waals surface area contributed by atoms with E-state index in [0.717, 1.165) is 11.1 Å². The van der Waals surface area contributed by atoms with Crippen molar-refractivity contribution in [2.75, 3.05) is 13.1 Å². The number of amides is 1. The van der Waals surface area contributed by atoms with Crippen LogP contribution in [0.15, 0.2) is 45.7 Å². The molecule has 0 N–H and O–H groups in total. The number of piperidine rings is 1. The van der Waals surface area contributed by atoms with Gasteiger partial charge in [0.25, 0.3) is 5.91 Å². The topological polar surface area (TPSA) is 68.3 Å². The zero-order chi connectivity index (χ0) is 18.3. The Morgan fingerprint density at radius 2 is 2.00 bits per heavy atom. The lowest BCUT2D eigenvalue weighted by atomic mass is 10.0. The number of carbonyl (C=O) groups excluding carboxylic acids is 1. The zero-order valence-electron chi connectivity index (χ0n) is 14.3. The van der Waals surface area contributed by atoms with Gasteiger partial charge in [-0.3, -0.25) is 9.36 Å². The van der Waals surface area contributed by atoms with Crippen LogP contribution in [0.3, 0.4) is 0 Å². The summed E-state index contributed by atoms with van der Waals surface area (Å²) in [6.07, 6.45) is 2.90. The van der Waals surface area contributed by atoms with Gasteiger partial charge in [-0.2, -0.15) is 0 Å². The summed E-state index contributed by atoms with van der Waals surface area (Å²) in [5, 5.41) is 0.363. The maximum absolute atomic E-state index is 12.6. The van der Waals surface area contributed by atoms with E-state index in [1.165, 1.54) is 6.20 Å². The molecule has 134 valence electrons. The predicted octanol–water partition coefficient (Wildman–Crippen LogP) is 3.43. The number of rotatable bonds is 2. The first-order valence-corrected chi connectivity index (χ1v) is 8.93. The van der Waals surface area contributed by atoms with Gasteiger partial charge in [-0.25, -0.2) is 9.78 Å². The normalized spacial score (nSPS) is 15.5. The summed E-state index contributed by atoms with van der Waals surface area (Å²) >= 11 is 5.77. The molecule has 0 saturated carbocycles. The Morgan fingerprint density at radius 3 is 2.69 bits per heavy atom. The number of fused-ring (bicyclic) bond motifs is 1. The fraction of sp³-hybridized carbons (Fsp3) is 0.316. The Bertz CT molecular complexity index is 1010. The molecule has 1 aliphatic heterocycles. The van der Waals surface area contributed by atoms with Crippen LogP contribution in [0.1, 0.15) is 34.8 Å². The third-order valence-corrected chi connectivity index (χ3v) is 5.08. The molecule has 2 aromatic heterocycles. The molecule has 1 fully saturated rings. The number of hydrogen-bond donors (Lipinski definition) is 0. The Kier molecular flexibility index (Phi) is 4.28. The van der Waals surface area contributed by atoms with Crippen molar-refractivity contribution < 1.29 is 9.21 Å². The summed E-state index contributed by atoms with van der Waals surface area (Å²) in [7, 11) is 0. The van der Waals surface area contributed by atoms with E-state index in [1.807, 2.05) is 25.1 Å². The number of likely N-dealkylation sites (tertiary alicyclic amines) is 1. The van der Waals surface area contributed by atoms with Crippen LogP contribution >= 0.6 is 11.6 Å². The minimum atomic E-state index is -0.336. The predicted molar refractivity (Wildman–Crippen MR) is 98.6 cm³/mol. The lowest BCUT2D eigenvalue weighted by Crippen LogP contribution is -2.40. The van der Waals surface area contributed by atoms with Crippen molar-refractivity contribution in [2.24, 2.45) is 0 Å². The highest BCUT2D eigenvalue weighted by atomic mass is 35.5. The number of oxazole rings is 1. The Hall–Kier alpha value is -2.60. The van der Waals surface area contributed by atoms with E-state index in [0.29, 0.717) is 42.2 Å². The first kappa shape index (κ1) is 16.8. The Balaban J connectivity index is 1.53. The Morgan fingerprint density at radius 1 is 1.23 bits per heavy atom. The van der Waals surface area contributed by atoms with Gasteiger partial charge in [0.15, 0.2) is 5.58 Å². The van der Waals surface area contributed by atoms with Crippen LogP contribution in [-0.4, -0.2) is 33.4 Å². The molecule has 0 unspecified atom stereocenters. The highest BCUT2D eigenvalue weighted by Crippen LogP contribution is 2.27. The fourth-order valence-electron chi connectivity index (χ4n) is 3.50. The molecule has 0 atom stereocenters. The molecular weight excluding hydrogens is 354 g/mol. The second-order valence-electron chi connectivity index (χ2n) is 6.60. The van der Waals surface area contributed by atoms with Crippen molar-refractivity contribution in [2.45, 2.75) is 25.8 Å². The maximum Gasteiger partial charge on any atom is 0.420 e. The van der Waals surface area contributed by atoms with Gasteiger partial charge < -0.3 is 9.32 Å². The number of hydrogen-bond acceptors (Lipinski definition) is 4. The van der Waals surface area contributed by atoms with E-state index >= 15 is 0 Å². The Labute approximate surface area is 155 Å². The second-order valence-corrected chi connectivity index (χ2v) is 6.99. The lowest BCUT2D eigenvalue weighted by molar-refractivity contribution is 0.0693. The molecule has 3 heterocycles. The molecule has 4 rings (SSSR count). The van der Waals surface area contributed by atoms with E-state index in [-0.39, 0.29) is 17.7 Å². The quantitative estimate of drug-likeness (QED) is 0.647. The molecule has 0 radical (unpaired) electrons. The molecule has 26 heavy (non-hydrogen) atoms. The highest BCUT2D eigenvalue weighted by Gasteiger charge is 2.27. The molecular formula is C19H18ClN3O3. The van der Waals surface area contributed by atoms with Crippen LogP contribution in [0, 0.1) is 6.92 Å². The monoisotopic (exact) mass is 371 g/mol.